The van der Waals surface area contributed by atoms with Crippen LogP contribution in [0.2, 0.25) is 0 Å². The molecule has 5 nitrogen and oxygen atoms in total. The standard InChI is InChI=1S/C12H18F3NO4/c1-7-4-8(9(5-7)11(18)19)10(17)16-2-3-20-6-12(13,14)15/h7-9H,2-6H2,1H3,(H,16,17)(H,18,19). The first kappa shape index (κ1) is 16.7. The van der Waals surface area contributed by atoms with E-state index >= 15 is 0 Å². The molecule has 0 spiro atoms. The van der Waals surface area contributed by atoms with Crippen molar-refractivity contribution in [3.8, 4) is 0 Å². The lowest BCUT2D eigenvalue weighted by Crippen LogP contribution is -2.37. The molecule has 0 radical (unpaired) electrons. The van der Waals surface area contributed by atoms with Crippen LogP contribution in [0.4, 0.5) is 13.2 Å². The van der Waals surface area contributed by atoms with Gasteiger partial charge >= 0.3 is 12.1 Å². The summed E-state index contributed by atoms with van der Waals surface area (Å²) >= 11 is 0. The molecule has 1 rings (SSSR count). The third-order valence-corrected chi connectivity index (χ3v) is 3.26. The van der Waals surface area contributed by atoms with Crippen molar-refractivity contribution in [1.82, 2.24) is 5.32 Å². The molecular weight excluding hydrogens is 279 g/mol. The molecule has 3 unspecified atom stereocenters. The number of carbonyl (C=O) groups excluding carboxylic acids is 1. The molecular formula is C12H18F3NO4. The number of carbonyl (C=O) groups is 2. The first-order valence-electron chi connectivity index (χ1n) is 6.35. The number of amides is 1. The van der Waals surface area contributed by atoms with E-state index in [9.17, 15) is 22.8 Å². The van der Waals surface area contributed by atoms with Crippen molar-refractivity contribution < 1.29 is 32.6 Å². The van der Waals surface area contributed by atoms with Crippen LogP contribution in [0.15, 0.2) is 0 Å². The first-order valence-corrected chi connectivity index (χ1v) is 6.35. The van der Waals surface area contributed by atoms with Gasteiger partial charge in [0.05, 0.1) is 18.4 Å². The Labute approximate surface area is 114 Å². The van der Waals surface area contributed by atoms with Gasteiger partial charge in [-0.3, -0.25) is 9.59 Å². The van der Waals surface area contributed by atoms with Gasteiger partial charge in [0.2, 0.25) is 5.91 Å². The van der Waals surface area contributed by atoms with Gasteiger partial charge in [0.25, 0.3) is 0 Å². The molecule has 116 valence electrons. The van der Waals surface area contributed by atoms with Crippen LogP contribution in [-0.2, 0) is 14.3 Å². The molecule has 2 N–H and O–H groups in total. The number of aliphatic carboxylic acids is 1. The molecule has 20 heavy (non-hydrogen) atoms. The Morgan fingerprint density at radius 3 is 2.45 bits per heavy atom. The number of carboxylic acids is 1. The summed E-state index contributed by atoms with van der Waals surface area (Å²) < 4.78 is 39.7. The minimum absolute atomic E-state index is 0.0634. The number of hydrogen-bond donors (Lipinski definition) is 2. The molecule has 0 heterocycles. The van der Waals surface area contributed by atoms with Gasteiger partial charge in [-0.25, -0.2) is 0 Å². The largest absolute Gasteiger partial charge is 0.481 e. The zero-order valence-corrected chi connectivity index (χ0v) is 11.1. The van der Waals surface area contributed by atoms with Crippen molar-refractivity contribution >= 4 is 11.9 Å². The minimum Gasteiger partial charge on any atom is -0.481 e. The third kappa shape index (κ3) is 5.36. The molecule has 1 fully saturated rings. The second-order valence-electron chi connectivity index (χ2n) is 5.09. The van der Waals surface area contributed by atoms with Gasteiger partial charge in [-0.15, -0.1) is 0 Å². The number of rotatable bonds is 6. The fourth-order valence-corrected chi connectivity index (χ4v) is 2.42. The monoisotopic (exact) mass is 297 g/mol. The summed E-state index contributed by atoms with van der Waals surface area (Å²) in [5.41, 5.74) is 0. The summed E-state index contributed by atoms with van der Waals surface area (Å²) in [7, 11) is 0. The number of hydrogen-bond acceptors (Lipinski definition) is 3. The summed E-state index contributed by atoms with van der Waals surface area (Å²) in [4.78, 5) is 22.8. The molecule has 0 aromatic heterocycles. The van der Waals surface area contributed by atoms with E-state index in [4.69, 9.17) is 5.11 Å². The molecule has 1 aliphatic rings. The Morgan fingerprint density at radius 1 is 1.30 bits per heavy atom. The Hall–Kier alpha value is -1.31. The number of alkyl halides is 3. The fraction of sp³-hybridized carbons (Fsp3) is 0.833. The quantitative estimate of drug-likeness (QED) is 0.727. The van der Waals surface area contributed by atoms with Crippen LogP contribution in [0.3, 0.4) is 0 Å². The number of halogens is 3. The first-order chi connectivity index (χ1) is 9.20. The van der Waals surface area contributed by atoms with E-state index in [1.807, 2.05) is 6.92 Å². The average molecular weight is 297 g/mol. The third-order valence-electron chi connectivity index (χ3n) is 3.26. The lowest BCUT2D eigenvalue weighted by atomic mass is 9.95. The van der Waals surface area contributed by atoms with E-state index in [-0.39, 0.29) is 19.1 Å². The molecule has 0 saturated heterocycles. The number of carboxylic acid groups (broad SMARTS) is 1. The summed E-state index contributed by atoms with van der Waals surface area (Å²) in [5.74, 6) is -2.64. The lowest BCUT2D eigenvalue weighted by molar-refractivity contribution is -0.173. The van der Waals surface area contributed by atoms with E-state index in [1.54, 1.807) is 0 Å². The highest BCUT2D eigenvalue weighted by Gasteiger charge is 2.41. The summed E-state index contributed by atoms with van der Waals surface area (Å²) in [6, 6.07) is 0. The highest BCUT2D eigenvalue weighted by atomic mass is 19.4. The summed E-state index contributed by atoms with van der Waals surface area (Å²) in [6.45, 7) is 0.189. The molecule has 1 saturated carbocycles. The van der Waals surface area contributed by atoms with Crippen molar-refractivity contribution in [2.75, 3.05) is 19.8 Å². The normalized spacial score (nSPS) is 26.5. The predicted octanol–water partition coefficient (Wildman–Crippen LogP) is 1.43. The van der Waals surface area contributed by atoms with Gasteiger partial charge in [0, 0.05) is 6.54 Å². The van der Waals surface area contributed by atoms with Gasteiger partial charge in [0.15, 0.2) is 0 Å². The molecule has 0 aliphatic heterocycles. The average Bonchev–Trinajstić information content (AvgIpc) is 2.69. The van der Waals surface area contributed by atoms with Crippen LogP contribution in [-0.4, -0.2) is 42.9 Å². The van der Waals surface area contributed by atoms with Crippen LogP contribution in [0.25, 0.3) is 0 Å². The Bertz CT molecular complexity index is 359. The fourth-order valence-electron chi connectivity index (χ4n) is 2.42. The summed E-state index contributed by atoms with van der Waals surface area (Å²) in [5, 5.41) is 11.4. The van der Waals surface area contributed by atoms with Crippen molar-refractivity contribution in [1.29, 1.82) is 0 Å². The molecule has 0 bridgehead atoms. The maximum atomic E-state index is 11.8. The second kappa shape index (κ2) is 6.92. The van der Waals surface area contributed by atoms with E-state index < -0.39 is 36.5 Å². The van der Waals surface area contributed by atoms with Crippen molar-refractivity contribution in [2.24, 2.45) is 17.8 Å². The van der Waals surface area contributed by atoms with Crippen LogP contribution in [0, 0.1) is 17.8 Å². The minimum atomic E-state index is -4.39. The Morgan fingerprint density at radius 2 is 1.90 bits per heavy atom. The molecule has 0 aromatic carbocycles. The topological polar surface area (TPSA) is 75.6 Å². The predicted molar refractivity (Wildman–Crippen MR) is 62.9 cm³/mol. The number of ether oxygens (including phenoxy) is 1. The van der Waals surface area contributed by atoms with Gasteiger partial charge in [0.1, 0.15) is 6.61 Å². The van der Waals surface area contributed by atoms with Crippen molar-refractivity contribution in [3.05, 3.63) is 0 Å². The van der Waals surface area contributed by atoms with Crippen molar-refractivity contribution in [3.63, 3.8) is 0 Å². The molecule has 0 aromatic rings. The van der Waals surface area contributed by atoms with E-state index in [2.05, 4.69) is 10.1 Å². The van der Waals surface area contributed by atoms with Gasteiger partial charge in [-0.05, 0) is 18.8 Å². The smallest absolute Gasteiger partial charge is 0.411 e. The van der Waals surface area contributed by atoms with E-state index in [0.717, 1.165) is 0 Å². The van der Waals surface area contributed by atoms with Gasteiger partial charge < -0.3 is 15.2 Å². The van der Waals surface area contributed by atoms with E-state index in [1.165, 1.54) is 0 Å². The van der Waals surface area contributed by atoms with Crippen molar-refractivity contribution in [2.45, 2.75) is 25.9 Å². The highest BCUT2D eigenvalue weighted by molar-refractivity contribution is 5.85. The Balaban J connectivity index is 2.30. The maximum absolute atomic E-state index is 11.8. The SMILES string of the molecule is CC1CC(C(=O)O)C(C(=O)NCCOCC(F)(F)F)C1. The highest BCUT2D eigenvalue weighted by Crippen LogP contribution is 2.36. The lowest BCUT2D eigenvalue weighted by Gasteiger charge is -2.15. The number of nitrogens with one attached hydrogen (secondary N) is 1. The molecule has 8 heteroatoms. The zero-order chi connectivity index (χ0) is 15.3. The molecule has 3 atom stereocenters. The molecule has 1 aliphatic carbocycles. The van der Waals surface area contributed by atoms with Crippen LogP contribution < -0.4 is 5.32 Å². The van der Waals surface area contributed by atoms with Gasteiger partial charge in [-0.2, -0.15) is 13.2 Å². The maximum Gasteiger partial charge on any atom is 0.411 e. The summed E-state index contributed by atoms with van der Waals surface area (Å²) in [6.07, 6.45) is -3.47. The van der Waals surface area contributed by atoms with E-state index in [0.29, 0.717) is 12.8 Å². The van der Waals surface area contributed by atoms with Gasteiger partial charge in [-0.1, -0.05) is 6.92 Å². The zero-order valence-electron chi connectivity index (χ0n) is 11.1. The van der Waals surface area contributed by atoms with Crippen LogP contribution in [0.1, 0.15) is 19.8 Å². The Kier molecular flexibility index (Phi) is 5.79. The molecule has 1 amide bonds. The van der Waals surface area contributed by atoms with Crippen LogP contribution >= 0.6 is 0 Å². The second-order valence-corrected chi connectivity index (χ2v) is 5.09. The van der Waals surface area contributed by atoms with Crippen LogP contribution in [0.5, 0.6) is 0 Å².